The standard InChI is InChI=1S/C17H14N4O/c22-17(20-14-7-2-1-3-8-14)21(15-9-6-11-18-13-15)16-10-4-5-12-19-16/h1-13H,(H,20,22). The Kier molecular flexibility index (Phi) is 4.06. The van der Waals surface area contributed by atoms with E-state index in [9.17, 15) is 4.79 Å². The Morgan fingerprint density at radius 3 is 2.41 bits per heavy atom. The third-order valence-electron chi connectivity index (χ3n) is 3.01. The molecule has 0 aliphatic carbocycles. The summed E-state index contributed by atoms with van der Waals surface area (Å²) >= 11 is 0. The summed E-state index contributed by atoms with van der Waals surface area (Å²) < 4.78 is 0. The Labute approximate surface area is 128 Å². The molecular formula is C17H14N4O. The number of aromatic nitrogens is 2. The zero-order valence-corrected chi connectivity index (χ0v) is 11.8. The lowest BCUT2D eigenvalue weighted by Crippen LogP contribution is -2.31. The highest BCUT2D eigenvalue weighted by Crippen LogP contribution is 2.23. The van der Waals surface area contributed by atoms with E-state index in [-0.39, 0.29) is 6.03 Å². The molecule has 0 spiro atoms. The van der Waals surface area contributed by atoms with Crippen molar-refractivity contribution < 1.29 is 4.79 Å². The number of hydrogen-bond acceptors (Lipinski definition) is 3. The van der Waals surface area contributed by atoms with E-state index in [0.29, 0.717) is 11.5 Å². The van der Waals surface area contributed by atoms with Gasteiger partial charge in [-0.2, -0.15) is 0 Å². The van der Waals surface area contributed by atoms with Crippen molar-refractivity contribution in [2.45, 2.75) is 0 Å². The van der Waals surface area contributed by atoms with Gasteiger partial charge in [0, 0.05) is 18.1 Å². The Morgan fingerprint density at radius 1 is 0.909 bits per heavy atom. The normalized spacial score (nSPS) is 10.0. The minimum Gasteiger partial charge on any atom is -0.307 e. The van der Waals surface area contributed by atoms with Gasteiger partial charge in [0.25, 0.3) is 0 Å². The molecule has 0 aliphatic heterocycles. The first-order valence-corrected chi connectivity index (χ1v) is 6.82. The Balaban J connectivity index is 1.94. The van der Waals surface area contributed by atoms with Crippen LogP contribution in [0.4, 0.5) is 22.0 Å². The van der Waals surface area contributed by atoms with Crippen molar-refractivity contribution in [1.82, 2.24) is 9.97 Å². The molecule has 3 aromatic rings. The summed E-state index contributed by atoms with van der Waals surface area (Å²) in [6.45, 7) is 0. The molecule has 0 bridgehead atoms. The van der Waals surface area contributed by atoms with Crippen LogP contribution in [-0.2, 0) is 0 Å². The van der Waals surface area contributed by atoms with Gasteiger partial charge in [-0.25, -0.2) is 14.7 Å². The SMILES string of the molecule is O=C(Nc1ccccc1)N(c1cccnc1)c1ccccn1. The van der Waals surface area contributed by atoms with Crippen LogP contribution in [0.3, 0.4) is 0 Å². The van der Waals surface area contributed by atoms with Crippen LogP contribution in [0.15, 0.2) is 79.3 Å². The van der Waals surface area contributed by atoms with Crippen molar-refractivity contribution >= 4 is 23.2 Å². The van der Waals surface area contributed by atoms with Gasteiger partial charge in [0.1, 0.15) is 5.82 Å². The van der Waals surface area contributed by atoms with E-state index in [1.807, 2.05) is 42.5 Å². The van der Waals surface area contributed by atoms with Crippen LogP contribution in [0.1, 0.15) is 0 Å². The maximum atomic E-state index is 12.7. The minimum absolute atomic E-state index is 0.294. The molecular weight excluding hydrogens is 276 g/mol. The maximum absolute atomic E-state index is 12.7. The van der Waals surface area contributed by atoms with E-state index < -0.39 is 0 Å². The first-order chi connectivity index (χ1) is 10.8. The lowest BCUT2D eigenvalue weighted by molar-refractivity contribution is 0.259. The molecule has 0 radical (unpaired) electrons. The van der Waals surface area contributed by atoms with Crippen LogP contribution in [-0.4, -0.2) is 16.0 Å². The summed E-state index contributed by atoms with van der Waals surface area (Å²) in [5.41, 5.74) is 1.37. The molecule has 0 saturated carbocycles. The average Bonchev–Trinajstić information content (AvgIpc) is 2.58. The highest BCUT2D eigenvalue weighted by Gasteiger charge is 2.19. The highest BCUT2D eigenvalue weighted by atomic mass is 16.2. The van der Waals surface area contributed by atoms with Crippen molar-refractivity contribution in [3.8, 4) is 0 Å². The first kappa shape index (κ1) is 13.8. The molecule has 0 fully saturated rings. The van der Waals surface area contributed by atoms with Crippen LogP contribution >= 0.6 is 0 Å². The number of carbonyl (C=O) groups is 1. The monoisotopic (exact) mass is 290 g/mol. The van der Waals surface area contributed by atoms with Crippen LogP contribution < -0.4 is 10.2 Å². The Morgan fingerprint density at radius 2 is 1.73 bits per heavy atom. The number of nitrogens with one attached hydrogen (secondary N) is 1. The smallest absolute Gasteiger partial charge is 0.307 e. The van der Waals surface area contributed by atoms with Crippen LogP contribution in [0.25, 0.3) is 0 Å². The van der Waals surface area contributed by atoms with Crippen molar-refractivity contribution in [2.75, 3.05) is 10.2 Å². The molecule has 5 nitrogen and oxygen atoms in total. The number of pyridine rings is 2. The summed E-state index contributed by atoms with van der Waals surface area (Å²) in [6.07, 6.45) is 4.93. The topological polar surface area (TPSA) is 58.1 Å². The van der Waals surface area contributed by atoms with Gasteiger partial charge in [-0.3, -0.25) is 4.98 Å². The van der Waals surface area contributed by atoms with Crippen LogP contribution in [0.5, 0.6) is 0 Å². The van der Waals surface area contributed by atoms with Gasteiger partial charge < -0.3 is 5.32 Å². The fourth-order valence-corrected chi connectivity index (χ4v) is 2.03. The quantitative estimate of drug-likeness (QED) is 0.797. The number of hydrogen-bond donors (Lipinski definition) is 1. The molecule has 0 aliphatic rings. The summed E-state index contributed by atoms with van der Waals surface area (Å²) in [4.78, 5) is 22.5. The van der Waals surface area contributed by atoms with Gasteiger partial charge in [-0.1, -0.05) is 24.3 Å². The predicted octanol–water partition coefficient (Wildman–Crippen LogP) is 3.85. The summed E-state index contributed by atoms with van der Waals surface area (Å²) in [7, 11) is 0. The highest BCUT2D eigenvalue weighted by molar-refractivity contribution is 6.06. The van der Waals surface area contributed by atoms with Crippen molar-refractivity contribution in [3.63, 3.8) is 0 Å². The zero-order valence-electron chi connectivity index (χ0n) is 11.8. The molecule has 0 atom stereocenters. The lowest BCUT2D eigenvalue weighted by atomic mass is 10.3. The van der Waals surface area contributed by atoms with Gasteiger partial charge in [-0.15, -0.1) is 0 Å². The summed E-state index contributed by atoms with van der Waals surface area (Å²) in [5, 5.41) is 2.86. The third-order valence-corrected chi connectivity index (χ3v) is 3.01. The van der Waals surface area contributed by atoms with Crippen molar-refractivity contribution in [2.24, 2.45) is 0 Å². The second-order valence-corrected chi connectivity index (χ2v) is 4.53. The van der Waals surface area contributed by atoms with Crippen LogP contribution in [0.2, 0.25) is 0 Å². The number of amides is 2. The average molecular weight is 290 g/mol. The number of anilines is 3. The zero-order chi connectivity index (χ0) is 15.2. The molecule has 22 heavy (non-hydrogen) atoms. The molecule has 108 valence electrons. The lowest BCUT2D eigenvalue weighted by Gasteiger charge is -2.21. The predicted molar refractivity (Wildman–Crippen MR) is 86.1 cm³/mol. The molecule has 2 heterocycles. The van der Waals surface area contributed by atoms with Crippen LogP contribution in [0, 0.1) is 0 Å². The first-order valence-electron chi connectivity index (χ1n) is 6.82. The number of carbonyl (C=O) groups excluding carboxylic acids is 1. The van der Waals surface area contributed by atoms with Crippen molar-refractivity contribution in [3.05, 3.63) is 79.3 Å². The second-order valence-electron chi connectivity index (χ2n) is 4.53. The minimum atomic E-state index is -0.294. The fourth-order valence-electron chi connectivity index (χ4n) is 2.03. The number of rotatable bonds is 3. The molecule has 5 heteroatoms. The van der Waals surface area contributed by atoms with Gasteiger partial charge in [-0.05, 0) is 36.4 Å². The molecule has 0 unspecified atom stereocenters. The number of nitrogens with zero attached hydrogens (tertiary/aromatic N) is 3. The molecule has 1 N–H and O–H groups in total. The van der Waals surface area contributed by atoms with Gasteiger partial charge >= 0.3 is 6.03 Å². The van der Waals surface area contributed by atoms with E-state index in [4.69, 9.17) is 0 Å². The Hall–Kier alpha value is -3.21. The number of para-hydroxylation sites is 1. The number of benzene rings is 1. The van der Waals surface area contributed by atoms with Gasteiger partial charge in [0.2, 0.25) is 0 Å². The second kappa shape index (κ2) is 6.49. The summed E-state index contributed by atoms with van der Waals surface area (Å²) in [5.74, 6) is 0.531. The van der Waals surface area contributed by atoms with E-state index in [1.165, 1.54) is 4.90 Å². The fraction of sp³-hybridized carbons (Fsp3) is 0. The van der Waals surface area contributed by atoms with Gasteiger partial charge in [0.05, 0.1) is 11.9 Å². The maximum Gasteiger partial charge on any atom is 0.332 e. The van der Waals surface area contributed by atoms with E-state index in [2.05, 4.69) is 15.3 Å². The molecule has 3 rings (SSSR count). The molecule has 2 amide bonds. The summed E-state index contributed by atoms with van der Waals surface area (Å²) in [6, 6.07) is 18.0. The molecule has 2 aromatic heterocycles. The van der Waals surface area contributed by atoms with Crippen molar-refractivity contribution in [1.29, 1.82) is 0 Å². The van der Waals surface area contributed by atoms with E-state index in [1.54, 1.807) is 36.8 Å². The molecule has 0 saturated heterocycles. The molecule has 1 aromatic carbocycles. The third kappa shape index (κ3) is 3.09. The number of urea groups is 1. The van der Waals surface area contributed by atoms with E-state index in [0.717, 1.165) is 5.69 Å². The Bertz CT molecular complexity index is 693. The van der Waals surface area contributed by atoms with Gasteiger partial charge in [0.15, 0.2) is 0 Å². The largest absolute Gasteiger partial charge is 0.332 e. The van der Waals surface area contributed by atoms with E-state index >= 15 is 0 Å².